The number of nitrogens with one attached hydrogen (secondary N) is 1. The Morgan fingerprint density at radius 1 is 1.39 bits per heavy atom. The lowest BCUT2D eigenvalue weighted by Gasteiger charge is -2.20. The molecule has 0 aliphatic rings. The molecule has 0 spiro atoms. The van der Waals surface area contributed by atoms with Crippen molar-refractivity contribution in [1.29, 1.82) is 0 Å². The highest BCUT2D eigenvalue weighted by atomic mass is 35.5. The molecule has 0 saturated carbocycles. The van der Waals surface area contributed by atoms with E-state index in [1.165, 1.54) is 6.42 Å². The molecule has 104 valence electrons. The molecule has 1 aromatic heterocycles. The molecule has 1 aromatic rings. The van der Waals surface area contributed by atoms with Gasteiger partial charge in [-0.3, -0.25) is 4.68 Å². The minimum atomic E-state index is 0.484. The molecule has 18 heavy (non-hydrogen) atoms. The van der Waals surface area contributed by atoms with E-state index in [-0.39, 0.29) is 0 Å². The Labute approximate surface area is 116 Å². The first-order chi connectivity index (χ1) is 8.45. The van der Waals surface area contributed by atoms with Crippen LogP contribution in [0.4, 0.5) is 0 Å². The van der Waals surface area contributed by atoms with Crippen molar-refractivity contribution in [2.24, 2.45) is 13.0 Å². The summed E-state index contributed by atoms with van der Waals surface area (Å²) in [5.41, 5.74) is 2.07. The normalized spacial score (nSPS) is 13.3. The van der Waals surface area contributed by atoms with Crippen LogP contribution in [0.2, 0.25) is 5.02 Å². The van der Waals surface area contributed by atoms with Gasteiger partial charge in [-0.1, -0.05) is 32.4 Å². The fourth-order valence-corrected chi connectivity index (χ4v) is 2.53. The van der Waals surface area contributed by atoms with Crippen LogP contribution in [0.3, 0.4) is 0 Å². The molecule has 1 atom stereocenters. The van der Waals surface area contributed by atoms with Crippen LogP contribution in [0.15, 0.2) is 0 Å². The van der Waals surface area contributed by atoms with Gasteiger partial charge in [-0.15, -0.1) is 0 Å². The van der Waals surface area contributed by atoms with Crippen LogP contribution in [0.1, 0.15) is 45.0 Å². The molecule has 0 bridgehead atoms. The highest BCUT2D eigenvalue weighted by Crippen LogP contribution is 2.22. The van der Waals surface area contributed by atoms with Gasteiger partial charge in [-0.25, -0.2) is 0 Å². The van der Waals surface area contributed by atoms with Crippen molar-refractivity contribution in [2.45, 2.75) is 53.0 Å². The van der Waals surface area contributed by atoms with E-state index in [0.29, 0.717) is 12.0 Å². The Morgan fingerprint density at radius 2 is 2.06 bits per heavy atom. The first-order valence-corrected chi connectivity index (χ1v) is 7.24. The molecule has 0 aromatic carbocycles. The Hall–Kier alpha value is -0.540. The SMILES string of the molecule is CCCNC(Cc1c(Cl)c(C)nn1C)CC(C)C. The number of halogens is 1. The zero-order valence-corrected chi connectivity index (χ0v) is 13.0. The lowest BCUT2D eigenvalue weighted by atomic mass is 9.99. The number of aryl methyl sites for hydroxylation is 2. The third kappa shape index (κ3) is 4.29. The van der Waals surface area contributed by atoms with E-state index in [1.807, 2.05) is 18.7 Å². The van der Waals surface area contributed by atoms with Gasteiger partial charge in [-0.05, 0) is 32.2 Å². The van der Waals surface area contributed by atoms with E-state index in [4.69, 9.17) is 11.6 Å². The molecular formula is C14H26ClN3. The second kappa shape index (κ2) is 7.15. The van der Waals surface area contributed by atoms with Crippen LogP contribution in [0, 0.1) is 12.8 Å². The van der Waals surface area contributed by atoms with E-state index < -0.39 is 0 Å². The Bertz CT molecular complexity index is 371. The standard InChI is InChI=1S/C14H26ClN3/c1-6-7-16-12(8-10(2)3)9-13-14(15)11(4)17-18(13)5/h10,12,16H,6-9H2,1-5H3. The van der Waals surface area contributed by atoms with Crippen LogP contribution in [0.25, 0.3) is 0 Å². The summed E-state index contributed by atoms with van der Waals surface area (Å²) in [6.45, 7) is 9.74. The number of rotatable bonds is 7. The number of hydrogen-bond donors (Lipinski definition) is 1. The van der Waals surface area contributed by atoms with Gasteiger partial charge in [0.2, 0.25) is 0 Å². The highest BCUT2D eigenvalue weighted by molar-refractivity contribution is 6.31. The molecular weight excluding hydrogens is 246 g/mol. The fourth-order valence-electron chi connectivity index (χ4n) is 2.29. The van der Waals surface area contributed by atoms with Crippen molar-refractivity contribution < 1.29 is 0 Å². The maximum absolute atomic E-state index is 6.32. The maximum Gasteiger partial charge on any atom is 0.0847 e. The first kappa shape index (κ1) is 15.5. The van der Waals surface area contributed by atoms with Gasteiger partial charge in [-0.2, -0.15) is 5.10 Å². The second-order valence-electron chi connectivity index (χ2n) is 5.45. The van der Waals surface area contributed by atoms with Crippen LogP contribution >= 0.6 is 11.6 Å². The largest absolute Gasteiger partial charge is 0.314 e. The summed E-state index contributed by atoms with van der Waals surface area (Å²) in [4.78, 5) is 0. The van der Waals surface area contributed by atoms with Crippen LogP contribution in [-0.2, 0) is 13.5 Å². The molecule has 0 amide bonds. The maximum atomic E-state index is 6.32. The summed E-state index contributed by atoms with van der Waals surface area (Å²) in [6, 6.07) is 0.484. The summed E-state index contributed by atoms with van der Waals surface area (Å²) in [6.07, 6.45) is 3.28. The molecule has 0 aliphatic heterocycles. The Morgan fingerprint density at radius 3 is 2.50 bits per heavy atom. The van der Waals surface area contributed by atoms with E-state index in [1.54, 1.807) is 0 Å². The zero-order chi connectivity index (χ0) is 13.7. The Kier molecular flexibility index (Phi) is 6.16. The van der Waals surface area contributed by atoms with E-state index >= 15 is 0 Å². The van der Waals surface area contributed by atoms with Crippen molar-refractivity contribution in [2.75, 3.05) is 6.54 Å². The fraction of sp³-hybridized carbons (Fsp3) is 0.786. The highest BCUT2D eigenvalue weighted by Gasteiger charge is 2.17. The average molecular weight is 272 g/mol. The van der Waals surface area contributed by atoms with Crippen molar-refractivity contribution in [3.8, 4) is 0 Å². The van der Waals surface area contributed by atoms with E-state index in [0.717, 1.165) is 35.8 Å². The van der Waals surface area contributed by atoms with E-state index in [9.17, 15) is 0 Å². The summed E-state index contributed by atoms with van der Waals surface area (Å²) < 4.78 is 1.92. The molecule has 4 heteroatoms. The molecule has 1 rings (SSSR count). The van der Waals surface area contributed by atoms with Gasteiger partial charge in [0, 0.05) is 19.5 Å². The topological polar surface area (TPSA) is 29.9 Å². The predicted molar refractivity (Wildman–Crippen MR) is 78.2 cm³/mol. The monoisotopic (exact) mass is 271 g/mol. The summed E-state index contributed by atoms with van der Waals surface area (Å²) in [7, 11) is 1.97. The number of hydrogen-bond acceptors (Lipinski definition) is 2. The molecule has 0 fully saturated rings. The van der Waals surface area contributed by atoms with Gasteiger partial charge in [0.25, 0.3) is 0 Å². The Balaban J connectivity index is 2.74. The van der Waals surface area contributed by atoms with E-state index in [2.05, 4.69) is 31.2 Å². The first-order valence-electron chi connectivity index (χ1n) is 6.87. The quantitative estimate of drug-likeness (QED) is 0.824. The van der Waals surface area contributed by atoms with Gasteiger partial charge in [0.1, 0.15) is 0 Å². The molecule has 0 aliphatic carbocycles. The summed E-state index contributed by atoms with van der Waals surface area (Å²) >= 11 is 6.32. The van der Waals surface area contributed by atoms with Crippen molar-refractivity contribution in [1.82, 2.24) is 15.1 Å². The summed E-state index contributed by atoms with van der Waals surface area (Å²) in [5, 5.41) is 8.82. The molecule has 0 radical (unpaired) electrons. The van der Waals surface area contributed by atoms with Crippen molar-refractivity contribution in [3.63, 3.8) is 0 Å². The smallest absolute Gasteiger partial charge is 0.0847 e. The average Bonchev–Trinajstić information content (AvgIpc) is 2.52. The number of aromatic nitrogens is 2. The van der Waals surface area contributed by atoms with Gasteiger partial charge in [0.05, 0.1) is 16.4 Å². The molecule has 0 saturated heterocycles. The predicted octanol–water partition coefficient (Wildman–Crippen LogP) is 3.34. The van der Waals surface area contributed by atoms with Crippen molar-refractivity contribution in [3.05, 3.63) is 16.4 Å². The van der Waals surface area contributed by atoms with Crippen molar-refractivity contribution >= 4 is 11.6 Å². The number of nitrogens with zero attached hydrogens (tertiary/aromatic N) is 2. The minimum Gasteiger partial charge on any atom is -0.314 e. The third-order valence-corrected chi connectivity index (χ3v) is 3.63. The lowest BCUT2D eigenvalue weighted by Crippen LogP contribution is -2.33. The van der Waals surface area contributed by atoms with Gasteiger partial charge >= 0.3 is 0 Å². The van der Waals surface area contributed by atoms with Crippen LogP contribution < -0.4 is 5.32 Å². The molecule has 1 N–H and O–H groups in total. The second-order valence-corrected chi connectivity index (χ2v) is 5.83. The third-order valence-electron chi connectivity index (χ3n) is 3.14. The molecule has 3 nitrogen and oxygen atoms in total. The minimum absolute atomic E-state index is 0.484. The molecule has 1 unspecified atom stereocenters. The lowest BCUT2D eigenvalue weighted by molar-refractivity contribution is 0.409. The van der Waals surface area contributed by atoms with Gasteiger partial charge in [0.15, 0.2) is 0 Å². The zero-order valence-electron chi connectivity index (χ0n) is 12.3. The van der Waals surface area contributed by atoms with Gasteiger partial charge < -0.3 is 5.32 Å². The summed E-state index contributed by atoms with van der Waals surface area (Å²) in [5.74, 6) is 0.687. The van der Waals surface area contributed by atoms with Crippen LogP contribution in [-0.4, -0.2) is 22.4 Å². The van der Waals surface area contributed by atoms with Crippen LogP contribution in [0.5, 0.6) is 0 Å². The molecule has 1 heterocycles.